The molecule has 0 unspecified atom stereocenters. The summed E-state index contributed by atoms with van der Waals surface area (Å²) in [5, 5.41) is 19.2. The van der Waals surface area contributed by atoms with Crippen molar-refractivity contribution in [2.45, 2.75) is 10.9 Å². The van der Waals surface area contributed by atoms with Crippen molar-refractivity contribution in [3.63, 3.8) is 0 Å². The van der Waals surface area contributed by atoms with Crippen LogP contribution in [0.25, 0.3) is 11.5 Å². The fraction of sp³-hybridized carbons (Fsp3) is 0.250. The molecule has 10 nitrogen and oxygen atoms in total. The Hall–Kier alpha value is -2.43. The molecule has 0 aliphatic heterocycles. The van der Waals surface area contributed by atoms with E-state index in [1.165, 1.54) is 11.8 Å². The maximum absolute atomic E-state index is 5.54. The van der Waals surface area contributed by atoms with Gasteiger partial charge >= 0.3 is 0 Å². The average Bonchev–Trinajstić information content (AvgIpc) is 3.08. The first kappa shape index (κ1) is 11.6. The van der Waals surface area contributed by atoms with E-state index in [0.29, 0.717) is 11.6 Å². The summed E-state index contributed by atoms with van der Waals surface area (Å²) in [7, 11) is 1.85. The molecule has 3 aromatic rings. The normalized spacial score (nSPS) is 11.0. The molecule has 0 atom stereocenters. The van der Waals surface area contributed by atoms with Crippen LogP contribution in [-0.2, 0) is 12.8 Å². The summed E-state index contributed by atoms with van der Waals surface area (Å²) in [5.41, 5.74) is 5.80. The van der Waals surface area contributed by atoms with Gasteiger partial charge in [-0.3, -0.25) is 0 Å². The number of thioether (sulfide) groups is 1. The van der Waals surface area contributed by atoms with Crippen LogP contribution in [-0.4, -0.2) is 35.2 Å². The zero-order valence-electron chi connectivity index (χ0n) is 9.72. The number of nitrogens with zero attached hydrogens (tertiary/aromatic N) is 7. The lowest BCUT2D eigenvalue weighted by atomic mass is 10.4. The van der Waals surface area contributed by atoms with Crippen LogP contribution in [0.15, 0.2) is 20.6 Å². The van der Waals surface area contributed by atoms with Crippen molar-refractivity contribution in [1.82, 2.24) is 35.2 Å². The molecule has 0 spiro atoms. The molecule has 19 heavy (non-hydrogen) atoms. The topological polar surface area (TPSA) is 135 Å². The lowest BCUT2D eigenvalue weighted by molar-refractivity contribution is 0.310. The van der Waals surface area contributed by atoms with Crippen LogP contribution in [0.3, 0.4) is 0 Å². The molecule has 11 heteroatoms. The van der Waals surface area contributed by atoms with E-state index in [9.17, 15) is 0 Å². The minimum atomic E-state index is 0.119. The first-order chi connectivity index (χ1) is 9.24. The minimum absolute atomic E-state index is 0.119. The molecule has 0 amide bonds. The van der Waals surface area contributed by atoms with Crippen molar-refractivity contribution in [2.75, 3.05) is 5.73 Å². The summed E-state index contributed by atoms with van der Waals surface area (Å²) >= 11 is 1.42. The Balaban J connectivity index is 1.72. The van der Waals surface area contributed by atoms with Crippen molar-refractivity contribution < 1.29 is 9.15 Å². The average molecular weight is 280 g/mol. The largest absolute Gasteiger partial charge is 0.379 e. The van der Waals surface area contributed by atoms with Gasteiger partial charge < -0.3 is 14.8 Å². The fourth-order valence-electron chi connectivity index (χ4n) is 1.29. The smallest absolute Gasteiger partial charge is 0.237 e. The highest BCUT2D eigenvalue weighted by atomic mass is 32.2. The van der Waals surface area contributed by atoms with Crippen molar-refractivity contribution in [3.8, 4) is 11.5 Å². The maximum atomic E-state index is 5.54. The summed E-state index contributed by atoms with van der Waals surface area (Å²) in [6.07, 6.45) is 1.61. The van der Waals surface area contributed by atoms with Gasteiger partial charge in [-0.2, -0.15) is 4.98 Å². The first-order valence-electron chi connectivity index (χ1n) is 5.12. The molecule has 98 valence electrons. The number of hydrogen-bond acceptors (Lipinski definition) is 10. The van der Waals surface area contributed by atoms with E-state index in [0.717, 1.165) is 5.16 Å². The van der Waals surface area contributed by atoms with Gasteiger partial charge in [0.2, 0.25) is 11.7 Å². The second kappa shape index (κ2) is 4.68. The number of nitrogens with two attached hydrogens (primary N) is 1. The van der Waals surface area contributed by atoms with E-state index in [1.807, 2.05) is 7.05 Å². The molecule has 3 rings (SSSR count). The second-order valence-corrected chi connectivity index (χ2v) is 4.47. The maximum Gasteiger partial charge on any atom is 0.237 e. The molecular weight excluding hydrogens is 272 g/mol. The summed E-state index contributed by atoms with van der Waals surface area (Å²) in [5.74, 6) is 1.25. The standard InChI is InChI=1S/C8H8N8O2S/c1-16-3-10-12-8(16)19-2-4-11-7(15-17-4)5-6(9)14-18-13-5/h3H,2H2,1H3,(H2,9,14). The first-order valence-corrected chi connectivity index (χ1v) is 6.10. The highest BCUT2D eigenvalue weighted by Crippen LogP contribution is 2.22. The van der Waals surface area contributed by atoms with Crippen LogP contribution in [0.2, 0.25) is 0 Å². The van der Waals surface area contributed by atoms with Crippen molar-refractivity contribution in [1.29, 1.82) is 0 Å². The van der Waals surface area contributed by atoms with Crippen LogP contribution < -0.4 is 5.73 Å². The third-order valence-electron chi connectivity index (χ3n) is 2.19. The Bertz CT molecular complexity index is 688. The van der Waals surface area contributed by atoms with Crippen molar-refractivity contribution in [2.24, 2.45) is 7.05 Å². The molecule has 3 aromatic heterocycles. The highest BCUT2D eigenvalue weighted by Gasteiger charge is 2.16. The van der Waals surface area contributed by atoms with Crippen LogP contribution in [0.5, 0.6) is 0 Å². The van der Waals surface area contributed by atoms with Gasteiger partial charge in [0.05, 0.1) is 5.75 Å². The van der Waals surface area contributed by atoms with Gasteiger partial charge in [0, 0.05) is 7.05 Å². The number of hydrogen-bond donors (Lipinski definition) is 1. The SMILES string of the molecule is Cn1cnnc1SCc1nc(-c2nonc2N)no1. The molecule has 0 saturated heterocycles. The third kappa shape index (κ3) is 2.27. The van der Waals surface area contributed by atoms with Gasteiger partial charge in [-0.25, -0.2) is 4.63 Å². The van der Waals surface area contributed by atoms with Crippen LogP contribution in [0.4, 0.5) is 5.82 Å². The molecule has 0 aliphatic rings. The molecule has 0 radical (unpaired) electrons. The molecular formula is C8H8N8O2S. The van der Waals surface area contributed by atoms with E-state index in [1.54, 1.807) is 10.9 Å². The second-order valence-electron chi connectivity index (χ2n) is 3.52. The Morgan fingerprint density at radius 1 is 1.37 bits per heavy atom. The Kier molecular flexibility index (Phi) is 2.87. The van der Waals surface area contributed by atoms with Gasteiger partial charge in [0.15, 0.2) is 16.7 Å². The number of anilines is 1. The molecule has 0 bridgehead atoms. The summed E-state index contributed by atoms with van der Waals surface area (Å²) < 4.78 is 11.3. The quantitative estimate of drug-likeness (QED) is 0.656. The number of rotatable bonds is 4. The molecule has 0 aliphatic carbocycles. The Morgan fingerprint density at radius 3 is 2.95 bits per heavy atom. The predicted molar refractivity (Wildman–Crippen MR) is 62.6 cm³/mol. The van der Waals surface area contributed by atoms with E-state index in [-0.39, 0.29) is 17.3 Å². The van der Waals surface area contributed by atoms with Gasteiger partial charge in [-0.1, -0.05) is 16.9 Å². The van der Waals surface area contributed by atoms with Gasteiger partial charge in [-0.05, 0) is 10.3 Å². The van der Waals surface area contributed by atoms with Gasteiger partial charge in [0.1, 0.15) is 6.33 Å². The van der Waals surface area contributed by atoms with E-state index < -0.39 is 0 Å². The summed E-state index contributed by atoms with van der Waals surface area (Å²) in [6.45, 7) is 0. The van der Waals surface area contributed by atoms with Crippen LogP contribution in [0, 0.1) is 0 Å². The summed E-state index contributed by atoms with van der Waals surface area (Å²) in [6, 6.07) is 0. The monoisotopic (exact) mass is 280 g/mol. The van der Waals surface area contributed by atoms with E-state index >= 15 is 0 Å². The molecule has 3 heterocycles. The Labute approximate surface area is 110 Å². The van der Waals surface area contributed by atoms with Gasteiger partial charge in [-0.15, -0.1) is 10.2 Å². The van der Waals surface area contributed by atoms with Crippen LogP contribution >= 0.6 is 11.8 Å². The molecule has 0 fully saturated rings. The van der Waals surface area contributed by atoms with Crippen molar-refractivity contribution >= 4 is 17.6 Å². The zero-order valence-corrected chi connectivity index (χ0v) is 10.5. The molecule has 0 aromatic carbocycles. The lowest BCUT2D eigenvalue weighted by Crippen LogP contribution is -1.91. The summed E-state index contributed by atoms with van der Waals surface area (Å²) in [4.78, 5) is 4.14. The number of aryl methyl sites for hydroxylation is 1. The van der Waals surface area contributed by atoms with E-state index in [2.05, 4.69) is 35.3 Å². The third-order valence-corrected chi connectivity index (χ3v) is 3.21. The molecule has 2 N–H and O–H groups in total. The fourth-order valence-corrected chi connectivity index (χ4v) is 2.02. The lowest BCUT2D eigenvalue weighted by Gasteiger charge is -1.95. The molecule has 0 saturated carbocycles. The van der Waals surface area contributed by atoms with E-state index in [4.69, 9.17) is 10.3 Å². The zero-order chi connectivity index (χ0) is 13.2. The number of aromatic nitrogens is 7. The number of nitrogen functional groups attached to an aromatic ring is 1. The van der Waals surface area contributed by atoms with Gasteiger partial charge in [0.25, 0.3) is 0 Å². The highest BCUT2D eigenvalue weighted by molar-refractivity contribution is 7.98. The van der Waals surface area contributed by atoms with Crippen molar-refractivity contribution in [3.05, 3.63) is 12.2 Å². The predicted octanol–water partition coefficient (Wildman–Crippen LogP) is 0.123. The Morgan fingerprint density at radius 2 is 2.26 bits per heavy atom. The minimum Gasteiger partial charge on any atom is -0.379 e. The van der Waals surface area contributed by atoms with Crippen LogP contribution in [0.1, 0.15) is 5.89 Å².